The Balaban J connectivity index is 2.88. The highest BCUT2D eigenvalue weighted by molar-refractivity contribution is 7.91. The molecule has 1 aromatic carbocycles. The molecular formula is C15H21NO6S. The van der Waals surface area contributed by atoms with E-state index in [1.54, 1.807) is 13.8 Å². The van der Waals surface area contributed by atoms with Gasteiger partial charge in [-0.1, -0.05) is 13.8 Å². The van der Waals surface area contributed by atoms with Gasteiger partial charge in [0.25, 0.3) is 5.91 Å². The zero-order chi connectivity index (χ0) is 17.6. The van der Waals surface area contributed by atoms with E-state index in [1.165, 1.54) is 31.4 Å². The van der Waals surface area contributed by atoms with Gasteiger partial charge in [0.2, 0.25) is 0 Å². The molecule has 128 valence electrons. The highest BCUT2D eigenvalue weighted by Crippen LogP contribution is 2.13. The van der Waals surface area contributed by atoms with E-state index in [0.29, 0.717) is 0 Å². The highest BCUT2D eigenvalue weighted by Gasteiger charge is 2.24. The van der Waals surface area contributed by atoms with Crippen molar-refractivity contribution in [2.24, 2.45) is 5.92 Å². The summed E-state index contributed by atoms with van der Waals surface area (Å²) in [6.45, 7) is 3.45. The minimum absolute atomic E-state index is 0.0826. The fraction of sp³-hybridized carbons (Fsp3) is 0.467. The third kappa shape index (κ3) is 5.33. The van der Waals surface area contributed by atoms with E-state index in [4.69, 9.17) is 9.84 Å². The number of hydrogen-bond acceptors (Lipinski definition) is 5. The minimum Gasteiger partial charge on any atom is -0.480 e. The van der Waals surface area contributed by atoms with Crippen LogP contribution in [0.2, 0.25) is 0 Å². The van der Waals surface area contributed by atoms with Crippen LogP contribution in [-0.4, -0.2) is 50.9 Å². The summed E-state index contributed by atoms with van der Waals surface area (Å²) < 4.78 is 28.7. The third-order valence-corrected chi connectivity index (χ3v) is 4.95. The highest BCUT2D eigenvalue weighted by atomic mass is 32.2. The fourth-order valence-corrected chi connectivity index (χ4v) is 3.04. The van der Waals surface area contributed by atoms with Gasteiger partial charge in [-0.25, -0.2) is 13.2 Å². The van der Waals surface area contributed by atoms with Gasteiger partial charge in [0.15, 0.2) is 9.84 Å². The first-order valence-electron chi connectivity index (χ1n) is 7.04. The Hall–Kier alpha value is -1.93. The molecule has 0 saturated carbocycles. The molecule has 0 heterocycles. The summed E-state index contributed by atoms with van der Waals surface area (Å²) in [5, 5.41) is 11.5. The van der Waals surface area contributed by atoms with Crippen molar-refractivity contribution >= 4 is 21.7 Å². The van der Waals surface area contributed by atoms with Crippen LogP contribution in [0.15, 0.2) is 29.2 Å². The van der Waals surface area contributed by atoms with Gasteiger partial charge < -0.3 is 15.2 Å². The van der Waals surface area contributed by atoms with Crippen LogP contribution in [0.1, 0.15) is 24.2 Å². The number of hydrogen-bond donors (Lipinski definition) is 2. The van der Waals surface area contributed by atoms with Crippen LogP contribution in [0, 0.1) is 5.92 Å². The van der Waals surface area contributed by atoms with Gasteiger partial charge in [0, 0.05) is 12.7 Å². The number of methoxy groups -OCH3 is 1. The van der Waals surface area contributed by atoms with E-state index < -0.39 is 27.8 Å². The number of benzene rings is 1. The minimum atomic E-state index is -3.47. The number of carbonyl (C=O) groups is 2. The molecule has 0 aliphatic heterocycles. The monoisotopic (exact) mass is 343 g/mol. The molecule has 0 aromatic heterocycles. The number of carbonyl (C=O) groups excluding carboxylic acids is 1. The van der Waals surface area contributed by atoms with Gasteiger partial charge >= 0.3 is 5.97 Å². The summed E-state index contributed by atoms with van der Waals surface area (Å²) in [5.74, 6) is -2.10. The number of carboxylic acids is 1. The molecule has 1 aromatic rings. The second-order valence-corrected chi connectivity index (χ2v) is 7.48. The summed E-state index contributed by atoms with van der Waals surface area (Å²) in [6.07, 6.45) is 0. The number of aliphatic carboxylic acids is 1. The second-order valence-electron chi connectivity index (χ2n) is 5.37. The first kappa shape index (κ1) is 19.1. The molecule has 2 N–H and O–H groups in total. The Kier molecular flexibility index (Phi) is 6.71. The van der Waals surface area contributed by atoms with E-state index in [1.807, 2.05) is 0 Å². The lowest BCUT2D eigenvalue weighted by Gasteiger charge is -2.17. The first-order valence-corrected chi connectivity index (χ1v) is 8.69. The topological polar surface area (TPSA) is 110 Å². The SMILES string of the molecule is COCCS(=O)(=O)c1ccc(C(=O)N[C@H](C(=O)O)C(C)C)cc1. The van der Waals surface area contributed by atoms with E-state index in [2.05, 4.69) is 5.32 Å². The number of sulfone groups is 1. The van der Waals surface area contributed by atoms with Crippen molar-refractivity contribution in [2.75, 3.05) is 19.5 Å². The predicted octanol–water partition coefficient (Wildman–Crippen LogP) is 0.946. The number of ether oxygens (including phenoxy) is 1. The van der Waals surface area contributed by atoms with E-state index >= 15 is 0 Å². The average Bonchev–Trinajstić information content (AvgIpc) is 2.49. The molecule has 0 spiro atoms. The smallest absolute Gasteiger partial charge is 0.326 e. The normalized spacial score (nSPS) is 12.9. The summed E-state index contributed by atoms with van der Waals surface area (Å²) in [6, 6.07) is 4.35. The lowest BCUT2D eigenvalue weighted by Crippen LogP contribution is -2.44. The van der Waals surface area contributed by atoms with Crippen molar-refractivity contribution in [3.05, 3.63) is 29.8 Å². The largest absolute Gasteiger partial charge is 0.480 e. The van der Waals surface area contributed by atoms with Crippen LogP contribution >= 0.6 is 0 Å². The van der Waals surface area contributed by atoms with Gasteiger partial charge in [-0.15, -0.1) is 0 Å². The number of nitrogens with one attached hydrogen (secondary N) is 1. The van der Waals surface area contributed by atoms with Crippen molar-refractivity contribution in [1.29, 1.82) is 0 Å². The summed E-state index contributed by atoms with van der Waals surface area (Å²) >= 11 is 0. The Labute approximate surface area is 135 Å². The van der Waals surface area contributed by atoms with Crippen LogP contribution in [0.25, 0.3) is 0 Å². The van der Waals surface area contributed by atoms with Gasteiger partial charge in [-0.3, -0.25) is 4.79 Å². The van der Waals surface area contributed by atoms with Gasteiger partial charge in [0.1, 0.15) is 6.04 Å². The molecule has 7 nitrogen and oxygen atoms in total. The van der Waals surface area contributed by atoms with Crippen LogP contribution in [-0.2, 0) is 19.4 Å². The lowest BCUT2D eigenvalue weighted by molar-refractivity contribution is -0.140. The molecular weight excluding hydrogens is 322 g/mol. The molecule has 1 amide bonds. The third-order valence-electron chi connectivity index (χ3n) is 3.25. The molecule has 0 unspecified atom stereocenters. The van der Waals surface area contributed by atoms with Crippen molar-refractivity contribution in [2.45, 2.75) is 24.8 Å². The summed E-state index contributed by atoms with van der Waals surface area (Å²) in [7, 11) is -2.05. The number of amides is 1. The molecule has 8 heteroatoms. The second kappa shape index (κ2) is 8.07. The van der Waals surface area contributed by atoms with Gasteiger partial charge in [0.05, 0.1) is 17.3 Å². The van der Waals surface area contributed by atoms with Crippen LogP contribution in [0.3, 0.4) is 0 Å². The number of carboxylic acid groups (broad SMARTS) is 1. The molecule has 0 bridgehead atoms. The van der Waals surface area contributed by atoms with Crippen molar-refractivity contribution < 1.29 is 27.9 Å². The molecule has 0 aliphatic rings. The maximum Gasteiger partial charge on any atom is 0.326 e. The van der Waals surface area contributed by atoms with Crippen LogP contribution in [0.4, 0.5) is 0 Å². The maximum atomic E-state index is 12.1. The Bertz CT molecular complexity index is 651. The van der Waals surface area contributed by atoms with E-state index in [-0.39, 0.29) is 28.7 Å². The first-order chi connectivity index (χ1) is 10.7. The zero-order valence-corrected chi connectivity index (χ0v) is 14.1. The Morgan fingerprint density at radius 2 is 1.78 bits per heavy atom. The molecule has 0 radical (unpaired) electrons. The van der Waals surface area contributed by atoms with Crippen molar-refractivity contribution in [3.63, 3.8) is 0 Å². The van der Waals surface area contributed by atoms with Crippen molar-refractivity contribution in [3.8, 4) is 0 Å². The molecule has 0 saturated heterocycles. The molecule has 1 atom stereocenters. The van der Waals surface area contributed by atoms with E-state index in [9.17, 15) is 18.0 Å². The Morgan fingerprint density at radius 3 is 2.22 bits per heavy atom. The van der Waals surface area contributed by atoms with Crippen LogP contribution in [0.5, 0.6) is 0 Å². The maximum absolute atomic E-state index is 12.1. The van der Waals surface area contributed by atoms with Crippen LogP contribution < -0.4 is 5.32 Å². The standard InChI is InChI=1S/C15H21NO6S/c1-10(2)13(15(18)19)16-14(17)11-4-6-12(7-5-11)23(20,21)9-8-22-3/h4-7,10,13H,8-9H2,1-3H3,(H,16,17)(H,18,19)/t13-/m0/s1. The fourth-order valence-electron chi connectivity index (χ4n) is 1.86. The number of rotatable bonds is 8. The quantitative estimate of drug-likeness (QED) is 0.727. The summed E-state index contributed by atoms with van der Waals surface area (Å²) in [4.78, 5) is 23.2. The molecule has 0 aliphatic carbocycles. The summed E-state index contributed by atoms with van der Waals surface area (Å²) in [5.41, 5.74) is 0.197. The van der Waals surface area contributed by atoms with Gasteiger partial charge in [-0.05, 0) is 30.2 Å². The van der Waals surface area contributed by atoms with Crippen molar-refractivity contribution in [1.82, 2.24) is 5.32 Å². The lowest BCUT2D eigenvalue weighted by atomic mass is 10.0. The molecule has 1 rings (SSSR count). The van der Waals surface area contributed by atoms with Gasteiger partial charge in [-0.2, -0.15) is 0 Å². The van der Waals surface area contributed by atoms with E-state index in [0.717, 1.165) is 0 Å². The zero-order valence-electron chi connectivity index (χ0n) is 13.3. The Morgan fingerprint density at radius 1 is 1.22 bits per heavy atom. The predicted molar refractivity (Wildman–Crippen MR) is 84.1 cm³/mol. The molecule has 0 fully saturated rings. The average molecular weight is 343 g/mol. The molecule has 23 heavy (non-hydrogen) atoms.